The zero-order chi connectivity index (χ0) is 11.4. The Hall–Kier alpha value is -2.00. The minimum atomic E-state index is 0.267. The van der Waals surface area contributed by atoms with Gasteiger partial charge in [-0.15, -0.1) is 0 Å². The SMILES string of the molecule is COOc1ccc(-c2ccc(O)cc2)cc1. The molecule has 0 unspecified atom stereocenters. The van der Waals surface area contributed by atoms with Gasteiger partial charge in [0.2, 0.25) is 0 Å². The zero-order valence-electron chi connectivity index (χ0n) is 8.88. The van der Waals surface area contributed by atoms with Crippen molar-refractivity contribution < 1.29 is 14.9 Å². The molecule has 0 aliphatic carbocycles. The summed E-state index contributed by atoms with van der Waals surface area (Å²) in [5, 5.41) is 9.18. The second kappa shape index (κ2) is 4.68. The largest absolute Gasteiger partial charge is 0.508 e. The highest BCUT2D eigenvalue weighted by Crippen LogP contribution is 2.24. The van der Waals surface area contributed by atoms with E-state index in [-0.39, 0.29) is 5.75 Å². The minimum absolute atomic E-state index is 0.267. The number of hydrogen-bond donors (Lipinski definition) is 1. The quantitative estimate of drug-likeness (QED) is 0.633. The zero-order valence-corrected chi connectivity index (χ0v) is 8.88. The van der Waals surface area contributed by atoms with E-state index in [0.717, 1.165) is 11.1 Å². The van der Waals surface area contributed by atoms with Gasteiger partial charge >= 0.3 is 0 Å². The molecule has 0 bridgehead atoms. The molecule has 0 atom stereocenters. The lowest BCUT2D eigenvalue weighted by molar-refractivity contribution is -0.178. The maximum absolute atomic E-state index is 9.18. The molecule has 0 radical (unpaired) electrons. The van der Waals surface area contributed by atoms with Crippen LogP contribution in [-0.2, 0) is 4.89 Å². The van der Waals surface area contributed by atoms with Gasteiger partial charge in [-0.05, 0) is 35.4 Å². The van der Waals surface area contributed by atoms with Crippen LogP contribution in [0.5, 0.6) is 11.5 Å². The fourth-order valence-electron chi connectivity index (χ4n) is 1.45. The van der Waals surface area contributed by atoms with E-state index in [2.05, 4.69) is 4.89 Å². The summed E-state index contributed by atoms with van der Waals surface area (Å²) in [5.74, 6) is 0.924. The van der Waals surface area contributed by atoms with Crippen LogP contribution >= 0.6 is 0 Å². The molecule has 0 fully saturated rings. The molecule has 82 valence electrons. The summed E-state index contributed by atoms with van der Waals surface area (Å²) >= 11 is 0. The minimum Gasteiger partial charge on any atom is -0.508 e. The van der Waals surface area contributed by atoms with Crippen molar-refractivity contribution in [3.63, 3.8) is 0 Å². The van der Waals surface area contributed by atoms with Gasteiger partial charge in [-0.25, -0.2) is 0 Å². The summed E-state index contributed by atoms with van der Waals surface area (Å²) < 4.78 is 0. The molecule has 2 aromatic carbocycles. The van der Waals surface area contributed by atoms with Crippen LogP contribution in [0.2, 0.25) is 0 Å². The van der Waals surface area contributed by atoms with Crippen LogP contribution in [0.1, 0.15) is 0 Å². The molecule has 0 saturated heterocycles. The first-order chi connectivity index (χ1) is 7.79. The fraction of sp³-hybridized carbons (Fsp3) is 0.0769. The Bertz CT molecular complexity index is 446. The molecule has 0 aliphatic rings. The van der Waals surface area contributed by atoms with E-state index in [1.165, 1.54) is 7.11 Å². The third-order valence-electron chi connectivity index (χ3n) is 2.23. The van der Waals surface area contributed by atoms with Crippen molar-refractivity contribution in [2.24, 2.45) is 0 Å². The molecule has 0 heterocycles. The van der Waals surface area contributed by atoms with Crippen molar-refractivity contribution in [1.29, 1.82) is 0 Å². The highest BCUT2D eigenvalue weighted by atomic mass is 17.2. The molecule has 0 aromatic heterocycles. The Morgan fingerprint density at radius 2 is 1.31 bits per heavy atom. The van der Waals surface area contributed by atoms with Crippen molar-refractivity contribution in [3.8, 4) is 22.6 Å². The third-order valence-corrected chi connectivity index (χ3v) is 2.23. The molecule has 16 heavy (non-hydrogen) atoms. The highest BCUT2D eigenvalue weighted by molar-refractivity contribution is 5.64. The van der Waals surface area contributed by atoms with Crippen molar-refractivity contribution in [2.45, 2.75) is 0 Å². The number of hydrogen-bond acceptors (Lipinski definition) is 3. The van der Waals surface area contributed by atoms with Crippen LogP contribution in [0, 0.1) is 0 Å². The van der Waals surface area contributed by atoms with E-state index in [1.54, 1.807) is 12.1 Å². The maximum atomic E-state index is 9.18. The summed E-state index contributed by atoms with van der Waals surface area (Å²) in [5.41, 5.74) is 2.10. The van der Waals surface area contributed by atoms with Crippen LogP contribution < -0.4 is 4.89 Å². The smallest absolute Gasteiger partial charge is 0.165 e. The van der Waals surface area contributed by atoms with E-state index in [4.69, 9.17) is 4.89 Å². The maximum Gasteiger partial charge on any atom is 0.165 e. The van der Waals surface area contributed by atoms with Crippen molar-refractivity contribution >= 4 is 0 Å². The van der Waals surface area contributed by atoms with Crippen LogP contribution in [0.25, 0.3) is 11.1 Å². The number of benzene rings is 2. The van der Waals surface area contributed by atoms with Crippen molar-refractivity contribution in [3.05, 3.63) is 48.5 Å². The second-order valence-electron chi connectivity index (χ2n) is 3.32. The molecule has 0 aliphatic heterocycles. The Morgan fingerprint density at radius 1 is 0.812 bits per heavy atom. The summed E-state index contributed by atoms with van der Waals surface area (Å²) in [6, 6.07) is 14.6. The topological polar surface area (TPSA) is 38.7 Å². The lowest BCUT2D eigenvalue weighted by Gasteiger charge is -2.04. The number of phenolic OH excluding ortho intramolecular Hbond substituents is 1. The Balaban J connectivity index is 2.24. The first-order valence-electron chi connectivity index (χ1n) is 4.90. The first kappa shape index (κ1) is 10.5. The summed E-state index contributed by atoms with van der Waals surface area (Å²) in [4.78, 5) is 9.43. The van der Waals surface area contributed by atoms with Gasteiger partial charge in [0.05, 0.1) is 7.11 Å². The predicted molar refractivity (Wildman–Crippen MR) is 61.2 cm³/mol. The van der Waals surface area contributed by atoms with Gasteiger partial charge in [-0.1, -0.05) is 24.3 Å². The van der Waals surface area contributed by atoms with Gasteiger partial charge in [0.15, 0.2) is 5.75 Å². The van der Waals surface area contributed by atoms with Gasteiger partial charge in [-0.3, -0.25) is 0 Å². The lowest BCUT2D eigenvalue weighted by atomic mass is 10.1. The molecule has 2 rings (SSSR count). The molecule has 3 heteroatoms. The Kier molecular flexibility index (Phi) is 3.08. The molecule has 0 amide bonds. The van der Waals surface area contributed by atoms with Crippen molar-refractivity contribution in [1.82, 2.24) is 0 Å². The summed E-state index contributed by atoms with van der Waals surface area (Å²) in [7, 11) is 1.47. The normalized spacial score (nSPS) is 10.1. The highest BCUT2D eigenvalue weighted by Gasteiger charge is 1.99. The Labute approximate surface area is 93.8 Å². The predicted octanol–water partition coefficient (Wildman–Crippen LogP) is 3.00. The van der Waals surface area contributed by atoms with E-state index in [0.29, 0.717) is 5.75 Å². The van der Waals surface area contributed by atoms with Crippen molar-refractivity contribution in [2.75, 3.05) is 7.11 Å². The number of aromatic hydroxyl groups is 1. The van der Waals surface area contributed by atoms with Gasteiger partial charge in [-0.2, -0.15) is 4.89 Å². The fourth-order valence-corrected chi connectivity index (χ4v) is 1.45. The van der Waals surface area contributed by atoms with Crippen LogP contribution in [0.4, 0.5) is 0 Å². The Morgan fingerprint density at radius 3 is 1.81 bits per heavy atom. The first-order valence-corrected chi connectivity index (χ1v) is 4.90. The van der Waals surface area contributed by atoms with E-state index >= 15 is 0 Å². The van der Waals surface area contributed by atoms with Crippen LogP contribution in [0.3, 0.4) is 0 Å². The summed E-state index contributed by atoms with van der Waals surface area (Å²) in [6.45, 7) is 0. The molecular weight excluding hydrogens is 204 g/mol. The molecule has 0 spiro atoms. The molecule has 3 nitrogen and oxygen atoms in total. The molecule has 1 N–H and O–H groups in total. The average molecular weight is 216 g/mol. The van der Waals surface area contributed by atoms with E-state index in [9.17, 15) is 5.11 Å². The monoisotopic (exact) mass is 216 g/mol. The summed E-state index contributed by atoms with van der Waals surface area (Å²) in [6.07, 6.45) is 0. The third kappa shape index (κ3) is 2.32. The van der Waals surface area contributed by atoms with Gasteiger partial charge in [0, 0.05) is 0 Å². The number of rotatable bonds is 3. The van der Waals surface area contributed by atoms with Gasteiger partial charge < -0.3 is 9.99 Å². The second-order valence-corrected chi connectivity index (χ2v) is 3.32. The standard InChI is InChI=1S/C13H12O3/c1-15-16-13-8-4-11(5-9-13)10-2-6-12(14)7-3-10/h2-9,14H,1H3. The van der Waals surface area contributed by atoms with Crippen LogP contribution in [0.15, 0.2) is 48.5 Å². The number of phenols is 1. The average Bonchev–Trinajstić information content (AvgIpc) is 2.32. The molecular formula is C13H12O3. The van der Waals surface area contributed by atoms with Gasteiger partial charge in [0.1, 0.15) is 5.75 Å². The van der Waals surface area contributed by atoms with E-state index in [1.807, 2.05) is 36.4 Å². The molecule has 0 saturated carbocycles. The lowest BCUT2D eigenvalue weighted by Crippen LogP contribution is -1.89. The van der Waals surface area contributed by atoms with E-state index < -0.39 is 0 Å². The van der Waals surface area contributed by atoms with Crippen LogP contribution in [-0.4, -0.2) is 12.2 Å². The molecule has 2 aromatic rings. The van der Waals surface area contributed by atoms with Gasteiger partial charge in [0.25, 0.3) is 0 Å².